The molecule has 11 heteroatoms. The van der Waals surface area contributed by atoms with Crippen molar-refractivity contribution in [2.75, 3.05) is 26.1 Å². The first-order chi connectivity index (χ1) is 16.7. The Morgan fingerprint density at radius 3 is 2.20 bits per heavy atom. The van der Waals surface area contributed by atoms with Crippen molar-refractivity contribution in [3.8, 4) is 28.7 Å². The number of anilines is 1. The minimum atomic E-state index is -4.21. The zero-order valence-corrected chi connectivity index (χ0v) is 20.4. The molecule has 0 radical (unpaired) electrons. The molecule has 0 aliphatic rings. The Morgan fingerprint density at radius 1 is 0.829 bits per heavy atom. The molecule has 0 saturated carbocycles. The van der Waals surface area contributed by atoms with Gasteiger partial charge in [-0.15, -0.1) is 0 Å². The summed E-state index contributed by atoms with van der Waals surface area (Å²) in [5.74, 6) is 1.09. The fourth-order valence-electron chi connectivity index (χ4n) is 3.37. The molecule has 0 saturated heterocycles. The summed E-state index contributed by atoms with van der Waals surface area (Å²) in [6.07, 6.45) is 1.58. The van der Waals surface area contributed by atoms with Crippen LogP contribution in [-0.4, -0.2) is 34.7 Å². The molecule has 0 atom stereocenters. The van der Waals surface area contributed by atoms with Gasteiger partial charge in [0, 0.05) is 28.7 Å². The van der Waals surface area contributed by atoms with Crippen LogP contribution in [0.5, 0.6) is 28.7 Å². The number of nitrogens with one attached hydrogen (secondary N) is 1. The second-order valence-electron chi connectivity index (χ2n) is 7.18. The lowest BCUT2D eigenvalue weighted by Gasteiger charge is -2.15. The first-order valence-corrected chi connectivity index (χ1v) is 12.0. The van der Waals surface area contributed by atoms with Crippen LogP contribution in [0.2, 0.25) is 5.02 Å². The van der Waals surface area contributed by atoms with E-state index in [0.29, 0.717) is 33.9 Å². The smallest absolute Gasteiger partial charge is 0.264 e. The molecule has 4 rings (SSSR count). The van der Waals surface area contributed by atoms with Crippen LogP contribution in [0.25, 0.3) is 10.9 Å². The van der Waals surface area contributed by atoms with Gasteiger partial charge in [0.15, 0.2) is 23.0 Å². The van der Waals surface area contributed by atoms with Crippen LogP contribution in [0, 0.1) is 5.82 Å². The number of sulfonamides is 1. The summed E-state index contributed by atoms with van der Waals surface area (Å²) < 4.78 is 64.0. The van der Waals surface area contributed by atoms with Gasteiger partial charge in [-0.1, -0.05) is 11.6 Å². The fraction of sp³-hybridized carbons (Fsp3) is 0.125. The Bertz CT molecular complexity index is 1510. The van der Waals surface area contributed by atoms with Gasteiger partial charge in [0.1, 0.15) is 16.5 Å². The molecule has 0 fully saturated rings. The Labute approximate surface area is 206 Å². The topological polar surface area (TPSA) is 96.0 Å². The van der Waals surface area contributed by atoms with E-state index in [0.717, 1.165) is 12.1 Å². The van der Waals surface area contributed by atoms with Crippen LogP contribution in [-0.2, 0) is 10.0 Å². The maximum absolute atomic E-state index is 14.2. The lowest BCUT2D eigenvalue weighted by molar-refractivity contribution is 0.355. The van der Waals surface area contributed by atoms with Crippen LogP contribution in [0.3, 0.4) is 0 Å². The van der Waals surface area contributed by atoms with Crippen molar-refractivity contribution in [3.63, 3.8) is 0 Å². The molecule has 4 aromatic rings. The summed E-state index contributed by atoms with van der Waals surface area (Å²) >= 11 is 5.72. The molecule has 1 aromatic heterocycles. The third-order valence-corrected chi connectivity index (χ3v) is 6.68. The van der Waals surface area contributed by atoms with Crippen molar-refractivity contribution in [3.05, 3.63) is 71.6 Å². The van der Waals surface area contributed by atoms with Gasteiger partial charge < -0.3 is 18.9 Å². The molecule has 182 valence electrons. The molecule has 35 heavy (non-hydrogen) atoms. The highest BCUT2D eigenvalue weighted by Gasteiger charge is 2.21. The number of pyridine rings is 1. The number of methoxy groups -OCH3 is 3. The Balaban J connectivity index is 1.66. The number of nitrogens with zero attached hydrogens (tertiary/aromatic N) is 1. The van der Waals surface area contributed by atoms with Crippen LogP contribution >= 0.6 is 11.6 Å². The van der Waals surface area contributed by atoms with Gasteiger partial charge in [0.05, 0.1) is 32.5 Å². The normalized spacial score (nSPS) is 11.2. The molecule has 0 bridgehead atoms. The quantitative estimate of drug-likeness (QED) is 0.322. The van der Waals surface area contributed by atoms with E-state index in [1.165, 1.54) is 45.6 Å². The summed E-state index contributed by atoms with van der Waals surface area (Å²) in [6, 6.07) is 12.9. The third-order valence-electron chi connectivity index (χ3n) is 5.03. The van der Waals surface area contributed by atoms with Crippen molar-refractivity contribution >= 4 is 38.2 Å². The van der Waals surface area contributed by atoms with Crippen LogP contribution < -0.4 is 23.7 Å². The van der Waals surface area contributed by atoms with Crippen molar-refractivity contribution in [1.29, 1.82) is 0 Å². The monoisotopic (exact) mass is 518 g/mol. The molecule has 8 nitrogen and oxygen atoms in total. The second-order valence-corrected chi connectivity index (χ2v) is 9.27. The minimum absolute atomic E-state index is 0.0873. The maximum atomic E-state index is 14.2. The predicted octanol–water partition coefficient (Wildman–Crippen LogP) is 5.65. The number of hydrogen-bond donors (Lipinski definition) is 1. The molecule has 0 unspecified atom stereocenters. The molecule has 0 spiro atoms. The summed E-state index contributed by atoms with van der Waals surface area (Å²) in [5, 5.41) is 0.750. The first kappa shape index (κ1) is 24.4. The Kier molecular flexibility index (Phi) is 6.86. The SMILES string of the molecule is COc1cc2nccc(Oc3ccc(NS(=O)(=O)c4ccc(Cl)cc4F)cc3OC)c2cc1OC. The van der Waals surface area contributed by atoms with Crippen molar-refractivity contribution in [2.45, 2.75) is 4.90 Å². The van der Waals surface area contributed by atoms with E-state index in [4.69, 9.17) is 30.5 Å². The van der Waals surface area contributed by atoms with Gasteiger partial charge in [-0.3, -0.25) is 9.71 Å². The molecular formula is C24H20ClFN2O6S. The highest BCUT2D eigenvalue weighted by Crippen LogP contribution is 2.40. The van der Waals surface area contributed by atoms with Crippen molar-refractivity contribution < 1.29 is 31.8 Å². The van der Waals surface area contributed by atoms with E-state index in [9.17, 15) is 12.8 Å². The van der Waals surface area contributed by atoms with Gasteiger partial charge in [0.2, 0.25) is 0 Å². The van der Waals surface area contributed by atoms with Gasteiger partial charge in [-0.05, 0) is 42.5 Å². The van der Waals surface area contributed by atoms with E-state index < -0.39 is 20.7 Å². The fourth-order valence-corrected chi connectivity index (χ4v) is 4.64. The number of halogens is 2. The lowest BCUT2D eigenvalue weighted by Crippen LogP contribution is -2.14. The summed E-state index contributed by atoms with van der Waals surface area (Å²) in [4.78, 5) is 3.81. The van der Waals surface area contributed by atoms with Crippen LogP contribution in [0.1, 0.15) is 0 Å². The molecule has 0 aliphatic carbocycles. The predicted molar refractivity (Wildman–Crippen MR) is 130 cm³/mol. The van der Waals surface area contributed by atoms with Crippen LogP contribution in [0.4, 0.5) is 10.1 Å². The zero-order chi connectivity index (χ0) is 25.2. The summed E-state index contributed by atoms with van der Waals surface area (Å²) in [6.45, 7) is 0. The molecule has 3 aromatic carbocycles. The molecule has 0 aliphatic heterocycles. The second kappa shape index (κ2) is 9.85. The number of aromatic nitrogens is 1. The highest BCUT2D eigenvalue weighted by molar-refractivity contribution is 7.92. The molecular weight excluding hydrogens is 499 g/mol. The lowest BCUT2D eigenvalue weighted by atomic mass is 10.1. The maximum Gasteiger partial charge on any atom is 0.264 e. The van der Waals surface area contributed by atoms with Gasteiger partial charge in [0.25, 0.3) is 10.0 Å². The first-order valence-electron chi connectivity index (χ1n) is 10.1. The van der Waals surface area contributed by atoms with E-state index in [1.807, 2.05) is 0 Å². The minimum Gasteiger partial charge on any atom is -0.493 e. The number of benzene rings is 3. The van der Waals surface area contributed by atoms with Gasteiger partial charge >= 0.3 is 0 Å². The molecule has 0 amide bonds. The van der Waals surface area contributed by atoms with E-state index in [1.54, 1.807) is 24.4 Å². The number of fused-ring (bicyclic) bond motifs is 1. The largest absolute Gasteiger partial charge is 0.493 e. The Hall–Kier alpha value is -3.76. The average molecular weight is 519 g/mol. The Morgan fingerprint density at radius 2 is 1.51 bits per heavy atom. The van der Waals surface area contributed by atoms with E-state index >= 15 is 0 Å². The summed E-state index contributed by atoms with van der Waals surface area (Å²) in [7, 11) is 0.261. The van der Waals surface area contributed by atoms with Crippen molar-refractivity contribution in [2.24, 2.45) is 0 Å². The standard InChI is InChI=1S/C24H20ClFN2O6S/c1-31-21-11-15(28-35(29,30)24-7-4-14(25)10-17(24)26)5-6-20(21)34-19-8-9-27-18-13-23(33-3)22(32-2)12-16(18)19/h4-13,28H,1-3H3. The zero-order valence-electron chi connectivity index (χ0n) is 18.8. The average Bonchev–Trinajstić information content (AvgIpc) is 2.83. The van der Waals surface area contributed by atoms with Crippen LogP contribution in [0.15, 0.2) is 65.7 Å². The third kappa shape index (κ3) is 5.03. The van der Waals surface area contributed by atoms with E-state index in [2.05, 4.69) is 9.71 Å². The number of ether oxygens (including phenoxy) is 4. The molecule has 1 heterocycles. The van der Waals surface area contributed by atoms with Gasteiger partial charge in [-0.2, -0.15) is 0 Å². The molecule has 1 N–H and O–H groups in total. The van der Waals surface area contributed by atoms with E-state index in [-0.39, 0.29) is 16.5 Å². The number of hydrogen-bond acceptors (Lipinski definition) is 7. The number of rotatable bonds is 8. The summed E-state index contributed by atoms with van der Waals surface area (Å²) in [5.41, 5.74) is 0.767. The van der Waals surface area contributed by atoms with Crippen molar-refractivity contribution in [1.82, 2.24) is 4.98 Å². The highest BCUT2D eigenvalue weighted by atomic mass is 35.5. The van der Waals surface area contributed by atoms with Gasteiger partial charge in [-0.25, -0.2) is 12.8 Å².